The predicted octanol–water partition coefficient (Wildman–Crippen LogP) is -1.70. The Morgan fingerprint density at radius 1 is 1.67 bits per heavy atom. The number of hydrogen-bond acceptors (Lipinski definition) is 5. The first kappa shape index (κ1) is 12.8. The maximum absolute atomic E-state index is 11.7. The average Bonchev–Trinajstić information content (AvgIpc) is 2.16. The summed E-state index contributed by atoms with van der Waals surface area (Å²) in [4.78, 5) is -0.0537. The van der Waals surface area contributed by atoms with E-state index in [0.29, 0.717) is 0 Å². The summed E-state index contributed by atoms with van der Waals surface area (Å²) < 4.78 is 29.7. The van der Waals surface area contributed by atoms with Gasteiger partial charge in [-0.05, 0) is 0 Å². The first-order valence-corrected chi connectivity index (χ1v) is 6.46. The maximum atomic E-state index is 11.7. The van der Waals surface area contributed by atoms with Crippen molar-refractivity contribution in [3.8, 4) is 0 Å². The normalized spacial score (nSPS) is 23.9. The van der Waals surface area contributed by atoms with Gasteiger partial charge in [-0.2, -0.15) is 4.31 Å². The van der Waals surface area contributed by atoms with Gasteiger partial charge in [-0.15, -0.1) is 0 Å². The maximum Gasteiger partial charge on any atom is 0.220 e. The smallest absolute Gasteiger partial charge is 0.220 e. The topological polar surface area (TPSA) is 92.9 Å². The van der Waals surface area contributed by atoms with Crippen LogP contribution in [0.4, 0.5) is 0 Å². The number of nitrogens with two attached hydrogens (primary N) is 1. The molecule has 1 aliphatic rings. The van der Waals surface area contributed by atoms with Crippen molar-refractivity contribution in [1.29, 1.82) is 0 Å². The molecule has 15 heavy (non-hydrogen) atoms. The van der Waals surface area contributed by atoms with Gasteiger partial charge in [-0.3, -0.25) is 0 Å². The number of thiocarbonyl (C=S) groups is 1. The number of rotatable bonds is 4. The van der Waals surface area contributed by atoms with E-state index in [-0.39, 0.29) is 37.0 Å². The third kappa shape index (κ3) is 3.65. The van der Waals surface area contributed by atoms with Crippen LogP contribution in [-0.4, -0.2) is 61.0 Å². The van der Waals surface area contributed by atoms with Crippen LogP contribution in [0.3, 0.4) is 0 Å². The number of morpholine rings is 1. The van der Waals surface area contributed by atoms with E-state index >= 15 is 0 Å². The molecule has 3 N–H and O–H groups in total. The summed E-state index contributed by atoms with van der Waals surface area (Å²) >= 11 is 4.56. The van der Waals surface area contributed by atoms with Crippen molar-refractivity contribution in [3.63, 3.8) is 0 Å². The van der Waals surface area contributed by atoms with Gasteiger partial charge in [0.1, 0.15) is 5.75 Å². The van der Waals surface area contributed by atoms with E-state index in [1.807, 2.05) is 0 Å². The molecule has 0 aliphatic carbocycles. The number of hydrogen-bond donors (Lipinski definition) is 2. The van der Waals surface area contributed by atoms with Crippen LogP contribution in [0.25, 0.3) is 0 Å². The molecule has 0 spiro atoms. The van der Waals surface area contributed by atoms with Crippen molar-refractivity contribution >= 4 is 27.2 Å². The number of aliphatic hydroxyl groups excluding tert-OH is 1. The molecule has 8 heteroatoms. The van der Waals surface area contributed by atoms with Crippen molar-refractivity contribution in [2.24, 2.45) is 5.73 Å². The minimum absolute atomic E-state index is 0.0537. The van der Waals surface area contributed by atoms with Crippen LogP contribution < -0.4 is 5.73 Å². The quantitative estimate of drug-likeness (QED) is 0.581. The SMILES string of the molecule is NC(=S)CS(=O)(=O)N1CCOC(CO)C1. The largest absolute Gasteiger partial charge is 0.394 e. The Balaban J connectivity index is 2.66. The lowest BCUT2D eigenvalue weighted by Crippen LogP contribution is -2.48. The zero-order valence-corrected chi connectivity index (χ0v) is 9.76. The molecule has 6 nitrogen and oxygen atoms in total. The molecule has 0 aromatic carbocycles. The fraction of sp³-hybridized carbons (Fsp3) is 0.857. The van der Waals surface area contributed by atoms with Crippen LogP contribution >= 0.6 is 12.2 Å². The van der Waals surface area contributed by atoms with E-state index in [1.54, 1.807) is 0 Å². The molecule has 0 saturated carbocycles. The summed E-state index contributed by atoms with van der Waals surface area (Å²) in [6, 6.07) is 0. The molecule has 0 radical (unpaired) electrons. The molecule has 1 unspecified atom stereocenters. The van der Waals surface area contributed by atoms with E-state index in [0.717, 1.165) is 0 Å². The second-order valence-corrected chi connectivity index (χ2v) is 5.75. The Morgan fingerprint density at radius 3 is 2.87 bits per heavy atom. The first-order valence-electron chi connectivity index (χ1n) is 4.44. The monoisotopic (exact) mass is 254 g/mol. The van der Waals surface area contributed by atoms with Gasteiger partial charge in [-0.25, -0.2) is 8.42 Å². The van der Waals surface area contributed by atoms with Crippen LogP contribution in [-0.2, 0) is 14.8 Å². The van der Waals surface area contributed by atoms with Crippen molar-refractivity contribution in [1.82, 2.24) is 4.31 Å². The lowest BCUT2D eigenvalue weighted by molar-refractivity contribution is -0.0303. The second-order valence-electron chi connectivity index (χ2n) is 3.26. The molecule has 88 valence electrons. The van der Waals surface area contributed by atoms with Crippen molar-refractivity contribution in [3.05, 3.63) is 0 Å². The summed E-state index contributed by atoms with van der Waals surface area (Å²) in [5, 5.41) is 8.86. The highest BCUT2D eigenvalue weighted by Gasteiger charge is 2.29. The molecule has 0 amide bonds. The molecule has 1 saturated heterocycles. The number of ether oxygens (including phenoxy) is 1. The van der Waals surface area contributed by atoms with Crippen LogP contribution in [0.15, 0.2) is 0 Å². The van der Waals surface area contributed by atoms with E-state index in [2.05, 4.69) is 12.2 Å². The minimum Gasteiger partial charge on any atom is -0.394 e. The van der Waals surface area contributed by atoms with Gasteiger partial charge in [-0.1, -0.05) is 12.2 Å². The standard InChI is InChI=1S/C7H14N2O4S2/c8-7(14)5-15(11,12)9-1-2-13-6(3-9)4-10/h6,10H,1-5H2,(H2,8,14). The molecule has 0 aromatic heterocycles. The molecule has 1 atom stereocenters. The third-order valence-electron chi connectivity index (χ3n) is 2.02. The lowest BCUT2D eigenvalue weighted by atomic mass is 10.3. The molecule has 0 aromatic rings. The Labute approximate surface area is 94.1 Å². The second kappa shape index (κ2) is 5.17. The lowest BCUT2D eigenvalue weighted by Gasteiger charge is -2.31. The summed E-state index contributed by atoms with van der Waals surface area (Å²) in [6.07, 6.45) is -0.458. The van der Waals surface area contributed by atoms with Crippen molar-refractivity contribution < 1.29 is 18.3 Å². The molecule has 0 bridgehead atoms. The molecular weight excluding hydrogens is 240 g/mol. The number of sulfonamides is 1. The molecule has 1 heterocycles. The van der Waals surface area contributed by atoms with Gasteiger partial charge >= 0.3 is 0 Å². The van der Waals surface area contributed by atoms with E-state index in [9.17, 15) is 8.42 Å². The van der Waals surface area contributed by atoms with Gasteiger partial charge in [0.25, 0.3) is 0 Å². The summed E-state index contributed by atoms with van der Waals surface area (Å²) in [7, 11) is -3.45. The van der Waals surface area contributed by atoms with Crippen molar-refractivity contribution in [2.45, 2.75) is 6.10 Å². The first-order chi connectivity index (χ1) is 6.95. The van der Waals surface area contributed by atoms with Crippen LogP contribution in [0, 0.1) is 0 Å². The molecule has 1 rings (SSSR count). The Bertz CT molecular complexity index is 330. The van der Waals surface area contributed by atoms with Crippen LogP contribution in [0.5, 0.6) is 0 Å². The molecular formula is C7H14N2O4S2. The van der Waals surface area contributed by atoms with Gasteiger partial charge in [0.05, 0.1) is 24.3 Å². The summed E-state index contributed by atoms with van der Waals surface area (Å²) in [5.74, 6) is -0.333. The molecule has 1 aliphatic heterocycles. The summed E-state index contributed by atoms with van der Waals surface area (Å²) in [5.41, 5.74) is 5.20. The zero-order chi connectivity index (χ0) is 11.5. The van der Waals surface area contributed by atoms with E-state index in [4.69, 9.17) is 15.6 Å². The van der Waals surface area contributed by atoms with Gasteiger partial charge in [0.15, 0.2) is 0 Å². The van der Waals surface area contributed by atoms with Crippen molar-refractivity contribution in [2.75, 3.05) is 32.1 Å². The van der Waals surface area contributed by atoms with Crippen LogP contribution in [0.1, 0.15) is 0 Å². The predicted molar refractivity (Wildman–Crippen MR) is 59.0 cm³/mol. The fourth-order valence-corrected chi connectivity index (χ4v) is 3.06. The Hall–Kier alpha value is -0.280. The zero-order valence-electron chi connectivity index (χ0n) is 8.13. The minimum atomic E-state index is -3.45. The number of nitrogens with zero attached hydrogens (tertiary/aromatic N) is 1. The number of aliphatic hydroxyl groups is 1. The third-order valence-corrected chi connectivity index (χ3v) is 4.14. The average molecular weight is 254 g/mol. The summed E-state index contributed by atoms with van der Waals surface area (Å²) in [6.45, 7) is 0.518. The van der Waals surface area contributed by atoms with Gasteiger partial charge in [0.2, 0.25) is 10.0 Å². The van der Waals surface area contributed by atoms with Gasteiger partial charge in [0, 0.05) is 13.1 Å². The molecule has 1 fully saturated rings. The van der Waals surface area contributed by atoms with E-state index < -0.39 is 16.1 Å². The Kier molecular flexibility index (Phi) is 4.41. The van der Waals surface area contributed by atoms with Crippen LogP contribution in [0.2, 0.25) is 0 Å². The van der Waals surface area contributed by atoms with Gasteiger partial charge < -0.3 is 15.6 Å². The highest BCUT2D eigenvalue weighted by molar-refractivity contribution is 7.92. The fourth-order valence-electron chi connectivity index (χ4n) is 1.33. The Morgan fingerprint density at radius 2 is 2.33 bits per heavy atom. The van der Waals surface area contributed by atoms with E-state index in [1.165, 1.54) is 4.31 Å². The highest BCUT2D eigenvalue weighted by Crippen LogP contribution is 2.10. The highest BCUT2D eigenvalue weighted by atomic mass is 32.2.